The Morgan fingerprint density at radius 1 is 1.03 bits per heavy atom. The average molecular weight is 447 g/mol. The smallest absolute Gasteiger partial charge is 0.261 e. The second-order valence-electron chi connectivity index (χ2n) is 8.17. The van der Waals surface area contributed by atoms with Crippen molar-refractivity contribution in [2.45, 2.75) is 31.8 Å². The highest BCUT2D eigenvalue weighted by molar-refractivity contribution is 6.34. The van der Waals surface area contributed by atoms with Crippen LogP contribution in [0.2, 0.25) is 5.02 Å². The van der Waals surface area contributed by atoms with E-state index in [0.717, 1.165) is 24.8 Å². The van der Waals surface area contributed by atoms with E-state index in [2.05, 4.69) is 23.5 Å². The fourth-order valence-electron chi connectivity index (χ4n) is 4.60. The lowest BCUT2D eigenvalue weighted by molar-refractivity contribution is -0.136. The number of nitrogens with zero attached hydrogens (tertiary/aromatic N) is 1. The first-order valence-electron chi connectivity index (χ1n) is 10.8. The molecule has 0 bridgehead atoms. The Labute approximate surface area is 192 Å². The predicted molar refractivity (Wildman–Crippen MR) is 124 cm³/mol. The SMILES string of the molecule is O=C(Nc1ccc2c(c1)CN([C@H]1CCCc3ccccc31)C(=O)CO2)c1ccccc1Cl. The van der Waals surface area contributed by atoms with E-state index in [1.165, 1.54) is 11.1 Å². The van der Waals surface area contributed by atoms with Crippen molar-refractivity contribution in [2.75, 3.05) is 11.9 Å². The van der Waals surface area contributed by atoms with Gasteiger partial charge in [-0.1, -0.05) is 48.0 Å². The quantitative estimate of drug-likeness (QED) is 0.586. The molecule has 1 aliphatic carbocycles. The molecule has 0 fully saturated rings. The largest absolute Gasteiger partial charge is 0.483 e. The molecule has 162 valence electrons. The third-order valence-corrected chi connectivity index (χ3v) is 6.49. The van der Waals surface area contributed by atoms with Crippen molar-refractivity contribution in [2.24, 2.45) is 0 Å². The minimum atomic E-state index is -0.278. The van der Waals surface area contributed by atoms with Crippen LogP contribution in [0.5, 0.6) is 5.75 Å². The van der Waals surface area contributed by atoms with Crippen LogP contribution in [-0.4, -0.2) is 23.3 Å². The first kappa shape index (κ1) is 20.6. The van der Waals surface area contributed by atoms with Gasteiger partial charge < -0.3 is 15.0 Å². The van der Waals surface area contributed by atoms with Crippen LogP contribution < -0.4 is 10.1 Å². The zero-order valence-electron chi connectivity index (χ0n) is 17.5. The highest BCUT2D eigenvalue weighted by Crippen LogP contribution is 2.37. The van der Waals surface area contributed by atoms with E-state index in [-0.39, 0.29) is 24.5 Å². The fourth-order valence-corrected chi connectivity index (χ4v) is 4.82. The number of anilines is 1. The summed E-state index contributed by atoms with van der Waals surface area (Å²) in [7, 11) is 0. The van der Waals surface area contributed by atoms with Crippen molar-refractivity contribution in [3.63, 3.8) is 0 Å². The Morgan fingerprint density at radius 2 is 1.84 bits per heavy atom. The lowest BCUT2D eigenvalue weighted by Crippen LogP contribution is -2.37. The summed E-state index contributed by atoms with van der Waals surface area (Å²) in [5.41, 5.74) is 4.45. The van der Waals surface area contributed by atoms with Gasteiger partial charge in [-0.25, -0.2) is 0 Å². The highest BCUT2D eigenvalue weighted by Gasteiger charge is 2.32. The van der Waals surface area contributed by atoms with E-state index in [9.17, 15) is 9.59 Å². The van der Waals surface area contributed by atoms with Gasteiger partial charge in [0, 0.05) is 11.3 Å². The Kier molecular flexibility index (Phi) is 5.58. The molecule has 1 heterocycles. The number of hydrogen-bond acceptors (Lipinski definition) is 3. The van der Waals surface area contributed by atoms with Gasteiger partial charge in [0.25, 0.3) is 11.8 Å². The Balaban J connectivity index is 1.42. The van der Waals surface area contributed by atoms with Crippen LogP contribution in [0.4, 0.5) is 5.69 Å². The van der Waals surface area contributed by atoms with Crippen LogP contribution in [-0.2, 0) is 17.8 Å². The maximum atomic E-state index is 13.0. The lowest BCUT2D eigenvalue weighted by Gasteiger charge is -2.35. The molecule has 0 spiro atoms. The molecule has 0 saturated carbocycles. The van der Waals surface area contributed by atoms with E-state index in [0.29, 0.717) is 28.6 Å². The number of hydrogen-bond donors (Lipinski definition) is 1. The molecule has 0 unspecified atom stereocenters. The molecular weight excluding hydrogens is 424 g/mol. The highest BCUT2D eigenvalue weighted by atomic mass is 35.5. The van der Waals surface area contributed by atoms with Gasteiger partial charge in [-0.2, -0.15) is 0 Å². The van der Waals surface area contributed by atoms with Gasteiger partial charge >= 0.3 is 0 Å². The zero-order valence-corrected chi connectivity index (χ0v) is 18.3. The van der Waals surface area contributed by atoms with Gasteiger partial charge in [-0.05, 0) is 60.7 Å². The topological polar surface area (TPSA) is 58.6 Å². The minimum Gasteiger partial charge on any atom is -0.483 e. The molecule has 6 heteroatoms. The minimum absolute atomic E-state index is 0.0109. The van der Waals surface area contributed by atoms with Crippen molar-refractivity contribution < 1.29 is 14.3 Å². The summed E-state index contributed by atoms with van der Waals surface area (Å²) in [6.07, 6.45) is 3.02. The third kappa shape index (κ3) is 3.96. The van der Waals surface area contributed by atoms with E-state index in [1.807, 2.05) is 23.1 Å². The molecule has 1 N–H and O–H groups in total. The van der Waals surface area contributed by atoms with Crippen LogP contribution >= 0.6 is 11.6 Å². The summed E-state index contributed by atoms with van der Waals surface area (Å²) in [5.74, 6) is 0.365. The number of fused-ring (bicyclic) bond motifs is 2. The van der Waals surface area contributed by atoms with Crippen LogP contribution in [0.1, 0.15) is 45.9 Å². The lowest BCUT2D eigenvalue weighted by atomic mass is 9.86. The molecule has 1 aliphatic heterocycles. The van der Waals surface area contributed by atoms with Crippen molar-refractivity contribution in [3.8, 4) is 5.75 Å². The second-order valence-corrected chi connectivity index (χ2v) is 8.58. The van der Waals surface area contributed by atoms with Crippen molar-refractivity contribution in [1.29, 1.82) is 0 Å². The summed E-state index contributed by atoms with van der Waals surface area (Å²) < 4.78 is 5.81. The number of carbonyl (C=O) groups excluding carboxylic acids is 2. The first-order valence-corrected chi connectivity index (χ1v) is 11.2. The Bertz CT molecular complexity index is 1190. The van der Waals surface area contributed by atoms with Gasteiger partial charge in [0.05, 0.1) is 23.2 Å². The number of ether oxygens (including phenoxy) is 1. The van der Waals surface area contributed by atoms with Crippen molar-refractivity contribution in [1.82, 2.24) is 4.90 Å². The monoisotopic (exact) mass is 446 g/mol. The molecule has 5 nitrogen and oxygen atoms in total. The normalized spacial score (nSPS) is 17.6. The van der Waals surface area contributed by atoms with Crippen LogP contribution in [0, 0.1) is 0 Å². The van der Waals surface area contributed by atoms with Gasteiger partial charge in [0.2, 0.25) is 0 Å². The molecule has 3 aromatic carbocycles. The second kappa shape index (κ2) is 8.67. The fraction of sp³-hybridized carbons (Fsp3) is 0.231. The molecule has 3 aromatic rings. The van der Waals surface area contributed by atoms with Gasteiger partial charge in [-0.15, -0.1) is 0 Å². The molecule has 2 amide bonds. The maximum absolute atomic E-state index is 13.0. The van der Waals surface area contributed by atoms with Gasteiger partial charge in [0.1, 0.15) is 5.75 Å². The Hall–Kier alpha value is -3.31. The summed E-state index contributed by atoms with van der Waals surface area (Å²) in [6.45, 7) is 0.444. The number of aryl methyl sites for hydroxylation is 1. The molecule has 0 saturated heterocycles. The first-order chi connectivity index (χ1) is 15.6. The third-order valence-electron chi connectivity index (χ3n) is 6.16. The van der Waals surface area contributed by atoms with Crippen LogP contribution in [0.3, 0.4) is 0 Å². The van der Waals surface area contributed by atoms with Crippen LogP contribution in [0.25, 0.3) is 0 Å². The van der Waals surface area contributed by atoms with Gasteiger partial charge in [0.15, 0.2) is 6.61 Å². The number of nitrogens with one attached hydrogen (secondary N) is 1. The maximum Gasteiger partial charge on any atom is 0.261 e. The molecular formula is C26H23ClN2O3. The van der Waals surface area contributed by atoms with Crippen molar-refractivity contribution in [3.05, 3.63) is 94.0 Å². The number of carbonyl (C=O) groups is 2. The average Bonchev–Trinajstić information content (AvgIpc) is 2.97. The molecule has 2 aliphatic rings. The van der Waals surface area contributed by atoms with E-state index >= 15 is 0 Å². The van der Waals surface area contributed by atoms with E-state index in [1.54, 1.807) is 30.3 Å². The number of benzene rings is 3. The number of halogens is 1. The van der Waals surface area contributed by atoms with E-state index in [4.69, 9.17) is 16.3 Å². The van der Waals surface area contributed by atoms with Crippen molar-refractivity contribution >= 4 is 29.1 Å². The number of amides is 2. The summed E-state index contributed by atoms with van der Waals surface area (Å²) in [4.78, 5) is 27.6. The van der Waals surface area contributed by atoms with Gasteiger partial charge in [-0.3, -0.25) is 9.59 Å². The van der Waals surface area contributed by atoms with Crippen LogP contribution in [0.15, 0.2) is 66.7 Å². The Morgan fingerprint density at radius 3 is 2.72 bits per heavy atom. The predicted octanol–water partition coefficient (Wildman–Crippen LogP) is 5.39. The standard InChI is InChI=1S/C26H23ClN2O3/c27-22-10-4-3-9-21(22)26(31)28-19-12-13-24-18(14-19)15-29(25(30)16-32-24)23-11-5-7-17-6-1-2-8-20(17)23/h1-4,6,8-10,12-14,23H,5,7,11,15-16H2,(H,28,31)/t23-/m0/s1. The molecule has 32 heavy (non-hydrogen) atoms. The molecule has 0 aromatic heterocycles. The summed E-state index contributed by atoms with van der Waals surface area (Å²) in [6, 6.07) is 20.8. The zero-order chi connectivity index (χ0) is 22.1. The molecule has 5 rings (SSSR count). The summed E-state index contributed by atoms with van der Waals surface area (Å²) >= 11 is 6.16. The molecule has 0 radical (unpaired) electrons. The number of rotatable bonds is 3. The van der Waals surface area contributed by atoms with E-state index < -0.39 is 0 Å². The molecule has 1 atom stereocenters. The summed E-state index contributed by atoms with van der Waals surface area (Å²) in [5, 5.41) is 3.31.